The molecule has 1 saturated carbocycles. The van der Waals surface area contributed by atoms with E-state index in [9.17, 15) is 18.4 Å². The molecular weight excluding hydrogens is 230 g/mol. The predicted octanol–water partition coefficient (Wildman–Crippen LogP) is 1.14. The molecule has 0 unspecified atom stereocenters. The molecule has 1 fully saturated rings. The highest BCUT2D eigenvalue weighted by Crippen LogP contribution is 2.28. The molecule has 0 spiro atoms. The zero-order valence-electron chi connectivity index (χ0n) is 8.80. The van der Waals surface area contributed by atoms with Gasteiger partial charge in [0, 0.05) is 5.92 Å². The standard InChI is InChI=1S/C11H10F2N2O2/c12-7-3-4-9(13)8(5-7)11(17)15-14-10(16)6-1-2-6/h3-6H,1-2H2,(H,14,16)(H,15,17). The van der Waals surface area contributed by atoms with E-state index >= 15 is 0 Å². The van der Waals surface area contributed by atoms with Gasteiger partial charge in [-0.2, -0.15) is 0 Å². The van der Waals surface area contributed by atoms with Gasteiger partial charge < -0.3 is 0 Å². The molecule has 0 radical (unpaired) electrons. The third kappa shape index (κ3) is 2.77. The minimum atomic E-state index is -0.879. The molecule has 0 aromatic heterocycles. The molecule has 0 atom stereocenters. The zero-order chi connectivity index (χ0) is 12.4. The molecule has 1 aliphatic carbocycles. The Balaban J connectivity index is 1.98. The van der Waals surface area contributed by atoms with Crippen molar-refractivity contribution < 1.29 is 18.4 Å². The largest absolute Gasteiger partial charge is 0.273 e. The maximum atomic E-state index is 13.2. The van der Waals surface area contributed by atoms with Gasteiger partial charge in [0.1, 0.15) is 11.6 Å². The van der Waals surface area contributed by atoms with Gasteiger partial charge in [-0.15, -0.1) is 0 Å². The van der Waals surface area contributed by atoms with Crippen molar-refractivity contribution in [2.75, 3.05) is 0 Å². The SMILES string of the molecule is O=C(NNC(=O)C1CC1)c1cc(F)ccc1F. The van der Waals surface area contributed by atoms with Crippen LogP contribution in [0, 0.1) is 17.6 Å². The molecule has 0 aliphatic heterocycles. The molecule has 90 valence electrons. The third-order valence-electron chi connectivity index (χ3n) is 2.42. The van der Waals surface area contributed by atoms with Crippen LogP contribution in [0.2, 0.25) is 0 Å². The van der Waals surface area contributed by atoms with E-state index in [4.69, 9.17) is 0 Å². The average molecular weight is 240 g/mol. The number of amides is 2. The van der Waals surface area contributed by atoms with Crippen LogP contribution >= 0.6 is 0 Å². The minimum absolute atomic E-state index is 0.0762. The lowest BCUT2D eigenvalue weighted by molar-refractivity contribution is -0.123. The summed E-state index contributed by atoms with van der Waals surface area (Å²) in [4.78, 5) is 22.6. The Morgan fingerprint density at radius 3 is 2.53 bits per heavy atom. The van der Waals surface area contributed by atoms with Crippen molar-refractivity contribution >= 4 is 11.8 Å². The topological polar surface area (TPSA) is 58.2 Å². The second-order valence-corrected chi connectivity index (χ2v) is 3.84. The summed E-state index contributed by atoms with van der Waals surface area (Å²) >= 11 is 0. The Labute approximate surface area is 96.0 Å². The first-order valence-corrected chi connectivity index (χ1v) is 5.13. The Bertz CT molecular complexity index is 473. The van der Waals surface area contributed by atoms with Crippen molar-refractivity contribution in [2.45, 2.75) is 12.8 Å². The lowest BCUT2D eigenvalue weighted by Gasteiger charge is -2.07. The number of halogens is 2. The van der Waals surface area contributed by atoms with E-state index in [1.54, 1.807) is 0 Å². The van der Waals surface area contributed by atoms with Crippen LogP contribution in [0.3, 0.4) is 0 Å². The van der Waals surface area contributed by atoms with Crippen LogP contribution in [-0.4, -0.2) is 11.8 Å². The Hall–Kier alpha value is -1.98. The van der Waals surface area contributed by atoms with Crippen molar-refractivity contribution in [3.05, 3.63) is 35.4 Å². The number of hydrazine groups is 1. The molecular formula is C11H10F2N2O2. The van der Waals surface area contributed by atoms with E-state index in [-0.39, 0.29) is 11.8 Å². The van der Waals surface area contributed by atoms with Crippen molar-refractivity contribution in [3.63, 3.8) is 0 Å². The van der Waals surface area contributed by atoms with Gasteiger partial charge in [0.15, 0.2) is 0 Å². The van der Waals surface area contributed by atoms with E-state index in [1.165, 1.54) is 0 Å². The van der Waals surface area contributed by atoms with Gasteiger partial charge >= 0.3 is 0 Å². The molecule has 17 heavy (non-hydrogen) atoms. The summed E-state index contributed by atoms with van der Waals surface area (Å²) in [5.74, 6) is -2.83. The Kier molecular flexibility index (Phi) is 3.03. The smallest absolute Gasteiger partial charge is 0.272 e. The summed E-state index contributed by atoms with van der Waals surface area (Å²) in [6.07, 6.45) is 1.58. The van der Waals surface area contributed by atoms with Crippen LogP contribution in [0.25, 0.3) is 0 Å². The number of hydrogen-bond donors (Lipinski definition) is 2. The first-order valence-electron chi connectivity index (χ1n) is 5.13. The quantitative estimate of drug-likeness (QED) is 0.761. The average Bonchev–Trinajstić information content (AvgIpc) is 3.12. The van der Waals surface area contributed by atoms with Gasteiger partial charge in [0.25, 0.3) is 5.91 Å². The van der Waals surface area contributed by atoms with E-state index in [2.05, 4.69) is 5.43 Å². The van der Waals surface area contributed by atoms with Gasteiger partial charge in [-0.25, -0.2) is 8.78 Å². The predicted molar refractivity (Wildman–Crippen MR) is 54.7 cm³/mol. The van der Waals surface area contributed by atoms with E-state index in [0.29, 0.717) is 0 Å². The van der Waals surface area contributed by atoms with Gasteiger partial charge in [-0.3, -0.25) is 20.4 Å². The molecule has 0 saturated heterocycles. The van der Waals surface area contributed by atoms with Gasteiger partial charge in [-0.1, -0.05) is 0 Å². The molecule has 1 aromatic rings. The summed E-state index contributed by atoms with van der Waals surface area (Å²) in [6, 6.07) is 2.54. The second-order valence-electron chi connectivity index (χ2n) is 3.84. The normalized spacial score (nSPS) is 14.2. The second kappa shape index (κ2) is 4.48. The molecule has 2 N–H and O–H groups in total. The van der Waals surface area contributed by atoms with Crippen LogP contribution in [0.4, 0.5) is 8.78 Å². The van der Waals surface area contributed by atoms with E-state index in [1.807, 2.05) is 5.43 Å². The van der Waals surface area contributed by atoms with E-state index < -0.39 is 23.1 Å². The number of benzene rings is 1. The van der Waals surface area contributed by atoms with Gasteiger partial charge in [-0.05, 0) is 31.0 Å². The highest BCUT2D eigenvalue weighted by atomic mass is 19.1. The van der Waals surface area contributed by atoms with Crippen LogP contribution < -0.4 is 10.9 Å². The number of carbonyl (C=O) groups excluding carboxylic acids is 2. The molecule has 6 heteroatoms. The maximum Gasteiger partial charge on any atom is 0.272 e. The zero-order valence-corrected chi connectivity index (χ0v) is 8.80. The summed E-state index contributed by atoms with van der Waals surface area (Å²) in [5.41, 5.74) is 3.76. The Morgan fingerprint density at radius 2 is 1.88 bits per heavy atom. The number of hydrogen-bond acceptors (Lipinski definition) is 2. The molecule has 1 aliphatic rings. The lowest BCUT2D eigenvalue weighted by atomic mass is 10.2. The van der Waals surface area contributed by atoms with Crippen molar-refractivity contribution in [1.29, 1.82) is 0 Å². The summed E-state index contributed by atoms with van der Waals surface area (Å²) in [7, 11) is 0. The number of nitrogens with one attached hydrogen (secondary N) is 2. The van der Waals surface area contributed by atoms with Gasteiger partial charge in [0.05, 0.1) is 5.56 Å². The molecule has 4 nitrogen and oxygen atoms in total. The fourth-order valence-corrected chi connectivity index (χ4v) is 1.30. The first-order chi connectivity index (χ1) is 8.08. The Morgan fingerprint density at radius 1 is 1.18 bits per heavy atom. The van der Waals surface area contributed by atoms with Crippen molar-refractivity contribution in [3.8, 4) is 0 Å². The molecule has 0 bridgehead atoms. The first kappa shape index (κ1) is 11.5. The van der Waals surface area contributed by atoms with Gasteiger partial charge in [0.2, 0.25) is 5.91 Å². The van der Waals surface area contributed by atoms with Crippen LogP contribution in [0.1, 0.15) is 23.2 Å². The molecule has 1 aromatic carbocycles. The van der Waals surface area contributed by atoms with Crippen LogP contribution in [0.15, 0.2) is 18.2 Å². The fraction of sp³-hybridized carbons (Fsp3) is 0.273. The molecule has 2 rings (SSSR count). The monoisotopic (exact) mass is 240 g/mol. The van der Waals surface area contributed by atoms with Crippen molar-refractivity contribution in [2.24, 2.45) is 5.92 Å². The summed E-state index contributed by atoms with van der Waals surface area (Å²) in [5, 5.41) is 0. The highest BCUT2D eigenvalue weighted by Gasteiger charge is 2.29. The number of carbonyl (C=O) groups is 2. The minimum Gasteiger partial charge on any atom is -0.273 e. The van der Waals surface area contributed by atoms with Crippen LogP contribution in [0.5, 0.6) is 0 Å². The molecule has 2 amide bonds. The lowest BCUT2D eigenvalue weighted by Crippen LogP contribution is -2.42. The van der Waals surface area contributed by atoms with Crippen molar-refractivity contribution in [1.82, 2.24) is 10.9 Å². The summed E-state index contributed by atoms with van der Waals surface area (Å²) < 4.78 is 26.0. The fourth-order valence-electron chi connectivity index (χ4n) is 1.30. The maximum absolute atomic E-state index is 13.2. The third-order valence-corrected chi connectivity index (χ3v) is 2.42. The summed E-state index contributed by atoms with van der Waals surface area (Å²) in [6.45, 7) is 0. The molecule has 0 heterocycles. The van der Waals surface area contributed by atoms with Crippen LogP contribution in [-0.2, 0) is 4.79 Å². The van der Waals surface area contributed by atoms with E-state index in [0.717, 1.165) is 31.0 Å². The number of rotatable bonds is 2. The highest BCUT2D eigenvalue weighted by molar-refractivity contribution is 5.95.